The van der Waals surface area contributed by atoms with Gasteiger partial charge in [-0.2, -0.15) is 0 Å². The van der Waals surface area contributed by atoms with Crippen molar-refractivity contribution in [3.63, 3.8) is 0 Å². The van der Waals surface area contributed by atoms with Crippen LogP contribution in [0.2, 0.25) is 0 Å². The summed E-state index contributed by atoms with van der Waals surface area (Å²) in [5.41, 5.74) is 0. The molecule has 0 aliphatic carbocycles. The second-order valence-electron chi connectivity index (χ2n) is 2.24. The molecule has 1 fully saturated rings. The largest absolute Gasteiger partial charge is 0.637 e. The molecular formula is C6H12NORh2-. The van der Waals surface area contributed by atoms with Crippen LogP contribution in [-0.2, 0) is 39.0 Å². The van der Waals surface area contributed by atoms with E-state index in [0.717, 1.165) is 25.8 Å². The number of hydrogen-bond donors (Lipinski definition) is 1. The zero-order valence-corrected chi connectivity index (χ0v) is 8.95. The molecule has 2 nitrogen and oxygen atoms in total. The molecule has 0 aromatic carbocycles. The number of nitrogens with zero attached hydrogens (tertiary/aromatic N) is 1. The Morgan fingerprint density at radius 1 is 1.10 bits per heavy atom. The van der Waals surface area contributed by atoms with E-state index >= 15 is 0 Å². The maximum Gasteiger partial charge on any atom is 0 e. The SMILES string of the molecule is OC1CCCCC[N-]1.[Rh].[Rh]. The van der Waals surface area contributed by atoms with E-state index in [1.165, 1.54) is 6.42 Å². The molecule has 1 atom stereocenters. The Morgan fingerprint density at radius 2 is 1.80 bits per heavy atom. The van der Waals surface area contributed by atoms with Gasteiger partial charge in [-0.1, -0.05) is 19.3 Å². The fourth-order valence-electron chi connectivity index (χ4n) is 0.947. The molecular weight excluding hydrogens is 308 g/mol. The van der Waals surface area contributed by atoms with Crippen LogP contribution in [0.15, 0.2) is 0 Å². The van der Waals surface area contributed by atoms with Crippen LogP contribution in [0.25, 0.3) is 5.32 Å². The van der Waals surface area contributed by atoms with Crippen LogP contribution in [0.3, 0.4) is 0 Å². The predicted octanol–water partition coefficient (Wildman–Crippen LogP) is 1.25. The first-order valence-electron chi connectivity index (χ1n) is 3.24. The second-order valence-corrected chi connectivity index (χ2v) is 2.24. The number of aliphatic hydroxyl groups is 1. The molecule has 1 aliphatic heterocycles. The van der Waals surface area contributed by atoms with Crippen LogP contribution in [0.5, 0.6) is 0 Å². The second kappa shape index (κ2) is 8.27. The van der Waals surface area contributed by atoms with E-state index in [4.69, 9.17) is 5.11 Å². The third-order valence-corrected chi connectivity index (χ3v) is 1.46. The molecule has 1 saturated heterocycles. The van der Waals surface area contributed by atoms with E-state index in [1.807, 2.05) is 0 Å². The molecule has 1 N–H and O–H groups in total. The minimum atomic E-state index is -0.350. The van der Waals surface area contributed by atoms with Gasteiger partial charge in [0.2, 0.25) is 0 Å². The molecule has 10 heavy (non-hydrogen) atoms. The van der Waals surface area contributed by atoms with Crippen molar-refractivity contribution in [3.8, 4) is 0 Å². The number of aliphatic hydroxyl groups excluding tert-OH is 1. The average Bonchev–Trinajstić information content (AvgIpc) is 1.94. The molecule has 4 heteroatoms. The van der Waals surface area contributed by atoms with E-state index < -0.39 is 0 Å². The summed E-state index contributed by atoms with van der Waals surface area (Å²) in [5.74, 6) is 0. The van der Waals surface area contributed by atoms with Gasteiger partial charge in [0.05, 0.1) is 0 Å². The van der Waals surface area contributed by atoms with Gasteiger partial charge in [0.15, 0.2) is 0 Å². The van der Waals surface area contributed by atoms with Crippen molar-refractivity contribution in [1.82, 2.24) is 0 Å². The van der Waals surface area contributed by atoms with Crippen molar-refractivity contribution >= 4 is 0 Å². The Bertz CT molecular complexity index is 64.8. The Balaban J connectivity index is 0. The minimum absolute atomic E-state index is 0. The zero-order chi connectivity index (χ0) is 5.82. The quantitative estimate of drug-likeness (QED) is 0.670. The van der Waals surface area contributed by atoms with Gasteiger partial charge in [-0.3, -0.25) is 0 Å². The smallest absolute Gasteiger partial charge is 0 e. The molecule has 1 aliphatic rings. The summed E-state index contributed by atoms with van der Waals surface area (Å²) >= 11 is 0. The summed E-state index contributed by atoms with van der Waals surface area (Å²) in [6.07, 6.45) is 4.07. The van der Waals surface area contributed by atoms with E-state index in [9.17, 15) is 0 Å². The first-order chi connectivity index (χ1) is 3.89. The summed E-state index contributed by atoms with van der Waals surface area (Å²) in [5, 5.41) is 12.9. The van der Waals surface area contributed by atoms with E-state index in [-0.39, 0.29) is 45.2 Å². The van der Waals surface area contributed by atoms with Crippen molar-refractivity contribution in [1.29, 1.82) is 0 Å². The van der Waals surface area contributed by atoms with Gasteiger partial charge < -0.3 is 10.4 Å². The van der Waals surface area contributed by atoms with Gasteiger partial charge in [0.1, 0.15) is 0 Å². The average molecular weight is 320 g/mol. The van der Waals surface area contributed by atoms with Gasteiger partial charge >= 0.3 is 0 Å². The normalized spacial score (nSPS) is 25.5. The van der Waals surface area contributed by atoms with Gasteiger partial charge in [-0.25, -0.2) is 0 Å². The summed E-state index contributed by atoms with van der Waals surface area (Å²) in [6.45, 7) is 0.862. The third-order valence-electron chi connectivity index (χ3n) is 1.46. The molecule has 0 saturated carbocycles. The summed E-state index contributed by atoms with van der Waals surface area (Å²) in [4.78, 5) is 0. The summed E-state index contributed by atoms with van der Waals surface area (Å²) in [6, 6.07) is 0. The molecule has 0 aromatic heterocycles. The van der Waals surface area contributed by atoms with Crippen LogP contribution in [0, 0.1) is 0 Å². The monoisotopic (exact) mass is 320 g/mol. The van der Waals surface area contributed by atoms with Crippen LogP contribution < -0.4 is 0 Å². The number of hydrogen-bond acceptors (Lipinski definition) is 1. The third kappa shape index (κ3) is 5.91. The Morgan fingerprint density at radius 3 is 2.50 bits per heavy atom. The molecule has 0 aromatic rings. The van der Waals surface area contributed by atoms with Gasteiger partial charge in [-0.05, 0) is 12.6 Å². The minimum Gasteiger partial charge on any atom is -0.637 e. The van der Waals surface area contributed by atoms with Crippen LogP contribution in [0.4, 0.5) is 0 Å². The van der Waals surface area contributed by atoms with E-state index in [0.29, 0.717) is 0 Å². The van der Waals surface area contributed by atoms with Crippen LogP contribution in [0.1, 0.15) is 25.7 Å². The Hall–Kier alpha value is 1.17. The molecule has 1 heterocycles. The predicted molar refractivity (Wildman–Crippen MR) is 32.7 cm³/mol. The maximum atomic E-state index is 8.92. The molecule has 2 radical (unpaired) electrons. The van der Waals surface area contributed by atoms with E-state index in [2.05, 4.69) is 5.32 Å². The van der Waals surface area contributed by atoms with Crippen molar-refractivity contribution in [2.24, 2.45) is 0 Å². The van der Waals surface area contributed by atoms with Crippen LogP contribution >= 0.6 is 0 Å². The molecule has 1 unspecified atom stereocenters. The van der Waals surface area contributed by atoms with Crippen molar-refractivity contribution in [3.05, 3.63) is 5.32 Å². The molecule has 0 spiro atoms. The van der Waals surface area contributed by atoms with Gasteiger partial charge in [-0.15, -0.1) is 6.54 Å². The summed E-state index contributed by atoms with van der Waals surface area (Å²) < 4.78 is 0. The number of rotatable bonds is 0. The molecule has 0 bridgehead atoms. The fourth-order valence-corrected chi connectivity index (χ4v) is 0.947. The van der Waals surface area contributed by atoms with Gasteiger partial charge in [0, 0.05) is 39.0 Å². The molecule has 0 amide bonds. The summed E-state index contributed by atoms with van der Waals surface area (Å²) in [7, 11) is 0. The molecule has 66 valence electrons. The fraction of sp³-hybridized carbons (Fsp3) is 1.00. The van der Waals surface area contributed by atoms with Crippen molar-refractivity contribution in [2.75, 3.05) is 6.54 Å². The maximum absolute atomic E-state index is 8.92. The molecule has 1 rings (SSSR count). The first-order valence-corrected chi connectivity index (χ1v) is 3.24. The standard InChI is InChI=1S/C6H12NO.2Rh/c8-6-4-2-1-3-5-7-6;;/h6,8H,1-5H2;;/q-1;;. The van der Waals surface area contributed by atoms with Gasteiger partial charge in [0.25, 0.3) is 0 Å². The Labute approximate surface area is 87.7 Å². The zero-order valence-electron chi connectivity index (χ0n) is 5.67. The van der Waals surface area contributed by atoms with Crippen LogP contribution in [-0.4, -0.2) is 17.9 Å². The topological polar surface area (TPSA) is 34.3 Å². The van der Waals surface area contributed by atoms with Crippen molar-refractivity contribution in [2.45, 2.75) is 31.9 Å². The Kier molecular flexibility index (Phi) is 11.4. The van der Waals surface area contributed by atoms with E-state index in [1.54, 1.807) is 0 Å². The first kappa shape index (κ1) is 13.7. The van der Waals surface area contributed by atoms with Crippen molar-refractivity contribution < 1.29 is 44.1 Å².